The van der Waals surface area contributed by atoms with Crippen LogP contribution in [0.25, 0.3) is 0 Å². The highest BCUT2D eigenvalue weighted by molar-refractivity contribution is 5.91. The van der Waals surface area contributed by atoms with Gasteiger partial charge in [-0.2, -0.15) is 0 Å². The summed E-state index contributed by atoms with van der Waals surface area (Å²) >= 11 is 0. The maximum atomic E-state index is 13.0. The second-order valence-electron chi connectivity index (χ2n) is 6.35. The van der Waals surface area contributed by atoms with Crippen molar-refractivity contribution in [2.75, 3.05) is 25.0 Å². The SMILES string of the molecule is O=C(Nc1ccccc1Oc1ccc(F)cc1)N1CCC(O)(CO)CC1. The lowest BCUT2D eigenvalue weighted by Crippen LogP contribution is -2.49. The Morgan fingerprint density at radius 3 is 2.46 bits per heavy atom. The number of aliphatic hydroxyl groups excluding tert-OH is 1. The van der Waals surface area contributed by atoms with E-state index < -0.39 is 5.60 Å². The number of nitrogens with one attached hydrogen (secondary N) is 1. The molecule has 0 aromatic heterocycles. The number of likely N-dealkylation sites (tertiary alicyclic amines) is 1. The van der Waals surface area contributed by atoms with Crippen molar-refractivity contribution >= 4 is 11.7 Å². The summed E-state index contributed by atoms with van der Waals surface area (Å²) in [7, 11) is 0. The van der Waals surface area contributed by atoms with Gasteiger partial charge in [-0.05, 0) is 49.2 Å². The number of rotatable bonds is 4. The molecule has 6 nitrogen and oxygen atoms in total. The van der Waals surface area contributed by atoms with Gasteiger partial charge in [0.1, 0.15) is 11.6 Å². The van der Waals surface area contributed by atoms with E-state index in [4.69, 9.17) is 4.74 Å². The molecule has 7 heteroatoms. The molecule has 0 saturated carbocycles. The van der Waals surface area contributed by atoms with E-state index in [1.165, 1.54) is 24.3 Å². The van der Waals surface area contributed by atoms with Crippen molar-refractivity contribution < 1.29 is 24.1 Å². The smallest absolute Gasteiger partial charge is 0.321 e. The Kier molecular flexibility index (Phi) is 5.39. The van der Waals surface area contributed by atoms with Crippen LogP contribution in [0.4, 0.5) is 14.9 Å². The number of nitrogens with zero attached hydrogens (tertiary/aromatic N) is 1. The molecule has 2 aromatic carbocycles. The van der Waals surface area contributed by atoms with Gasteiger partial charge in [-0.25, -0.2) is 9.18 Å². The van der Waals surface area contributed by atoms with Crippen molar-refractivity contribution in [3.05, 3.63) is 54.3 Å². The minimum absolute atomic E-state index is 0.305. The maximum Gasteiger partial charge on any atom is 0.321 e. The van der Waals surface area contributed by atoms with Crippen molar-refractivity contribution in [2.24, 2.45) is 0 Å². The lowest BCUT2D eigenvalue weighted by molar-refractivity contribution is -0.0519. The zero-order chi connectivity index (χ0) is 18.6. The first-order valence-corrected chi connectivity index (χ1v) is 8.41. The van der Waals surface area contributed by atoms with Gasteiger partial charge in [0.25, 0.3) is 0 Å². The van der Waals surface area contributed by atoms with Crippen molar-refractivity contribution in [3.63, 3.8) is 0 Å². The highest BCUT2D eigenvalue weighted by Crippen LogP contribution is 2.30. The van der Waals surface area contributed by atoms with Crippen LogP contribution in [0.3, 0.4) is 0 Å². The van der Waals surface area contributed by atoms with Gasteiger partial charge in [-0.1, -0.05) is 12.1 Å². The summed E-state index contributed by atoms with van der Waals surface area (Å²) in [5, 5.41) is 22.0. The van der Waals surface area contributed by atoms with Gasteiger partial charge in [0.2, 0.25) is 0 Å². The van der Waals surface area contributed by atoms with E-state index in [0.717, 1.165) is 0 Å². The summed E-state index contributed by atoms with van der Waals surface area (Å²) in [6.45, 7) is 0.393. The van der Waals surface area contributed by atoms with Gasteiger partial charge in [0, 0.05) is 13.1 Å². The monoisotopic (exact) mass is 360 g/mol. The maximum absolute atomic E-state index is 13.0. The van der Waals surface area contributed by atoms with E-state index in [-0.39, 0.29) is 18.5 Å². The highest BCUT2D eigenvalue weighted by Gasteiger charge is 2.33. The molecule has 1 fully saturated rings. The predicted molar refractivity (Wildman–Crippen MR) is 94.8 cm³/mol. The third kappa shape index (κ3) is 4.30. The summed E-state index contributed by atoms with van der Waals surface area (Å²) < 4.78 is 18.7. The van der Waals surface area contributed by atoms with E-state index >= 15 is 0 Å². The van der Waals surface area contributed by atoms with Crippen LogP contribution in [0, 0.1) is 5.82 Å². The Bertz CT molecular complexity index is 758. The lowest BCUT2D eigenvalue weighted by Gasteiger charge is -2.36. The second kappa shape index (κ2) is 7.72. The largest absolute Gasteiger partial charge is 0.455 e. The summed E-state index contributed by atoms with van der Waals surface area (Å²) in [4.78, 5) is 14.1. The fourth-order valence-corrected chi connectivity index (χ4v) is 2.77. The normalized spacial score (nSPS) is 16.2. The molecule has 26 heavy (non-hydrogen) atoms. The first-order chi connectivity index (χ1) is 12.5. The number of hydrogen-bond donors (Lipinski definition) is 3. The number of benzene rings is 2. The molecule has 0 atom stereocenters. The zero-order valence-corrected chi connectivity index (χ0v) is 14.2. The summed E-state index contributed by atoms with van der Waals surface area (Å²) in [5.74, 6) is 0.544. The molecule has 0 radical (unpaired) electrons. The number of urea groups is 1. The lowest BCUT2D eigenvalue weighted by atomic mass is 9.93. The number of hydrogen-bond acceptors (Lipinski definition) is 4. The molecule has 1 aliphatic heterocycles. The Balaban J connectivity index is 1.66. The average molecular weight is 360 g/mol. The first kappa shape index (κ1) is 18.2. The molecule has 0 bridgehead atoms. The third-order valence-corrected chi connectivity index (χ3v) is 4.45. The topological polar surface area (TPSA) is 82.0 Å². The number of ether oxygens (including phenoxy) is 1. The summed E-state index contributed by atoms with van der Waals surface area (Å²) in [5.41, 5.74) is -0.620. The predicted octanol–water partition coefficient (Wildman–Crippen LogP) is 2.97. The fraction of sp³-hybridized carbons (Fsp3) is 0.316. The van der Waals surface area contributed by atoms with E-state index in [1.807, 2.05) is 0 Å². The summed E-state index contributed by atoms with van der Waals surface area (Å²) in [6.07, 6.45) is 0.648. The molecule has 0 spiro atoms. The van der Waals surface area contributed by atoms with Gasteiger partial charge in [-0.3, -0.25) is 0 Å². The van der Waals surface area contributed by atoms with Crippen LogP contribution in [0.2, 0.25) is 0 Å². The standard InChI is InChI=1S/C19H21FN2O4/c20-14-5-7-15(8-6-14)26-17-4-2-1-3-16(17)21-18(24)22-11-9-19(25,13-23)10-12-22/h1-8,23,25H,9-13H2,(H,21,24). The molecular formula is C19H21FN2O4. The number of carbonyl (C=O) groups excluding carboxylic acids is 1. The number of aliphatic hydroxyl groups is 2. The van der Waals surface area contributed by atoms with Crippen molar-refractivity contribution in [2.45, 2.75) is 18.4 Å². The molecule has 3 rings (SSSR count). The molecule has 0 aliphatic carbocycles. The summed E-state index contributed by atoms with van der Waals surface area (Å²) in [6, 6.07) is 12.3. The molecule has 1 saturated heterocycles. The van der Waals surface area contributed by atoms with Crippen LogP contribution < -0.4 is 10.1 Å². The van der Waals surface area contributed by atoms with Crippen molar-refractivity contribution in [1.82, 2.24) is 4.90 Å². The van der Waals surface area contributed by atoms with Crippen LogP contribution in [0.15, 0.2) is 48.5 Å². The molecule has 1 aliphatic rings. The molecule has 0 unspecified atom stereocenters. The Labute approximate surface area is 150 Å². The minimum Gasteiger partial charge on any atom is -0.455 e. The Morgan fingerprint density at radius 2 is 1.81 bits per heavy atom. The van der Waals surface area contributed by atoms with E-state index in [1.54, 1.807) is 29.2 Å². The molecule has 138 valence electrons. The van der Waals surface area contributed by atoms with Gasteiger partial charge >= 0.3 is 6.03 Å². The van der Waals surface area contributed by atoms with Crippen molar-refractivity contribution in [1.29, 1.82) is 0 Å². The van der Waals surface area contributed by atoms with E-state index in [2.05, 4.69) is 5.32 Å². The number of halogens is 1. The van der Waals surface area contributed by atoms with Crippen LogP contribution in [0.1, 0.15) is 12.8 Å². The van der Waals surface area contributed by atoms with Gasteiger partial charge < -0.3 is 25.2 Å². The number of piperidine rings is 1. The highest BCUT2D eigenvalue weighted by atomic mass is 19.1. The van der Waals surface area contributed by atoms with E-state index in [0.29, 0.717) is 43.1 Å². The quantitative estimate of drug-likeness (QED) is 0.783. The van der Waals surface area contributed by atoms with Gasteiger partial charge in [0.05, 0.1) is 17.9 Å². The number of amides is 2. The van der Waals surface area contributed by atoms with Gasteiger partial charge in [0.15, 0.2) is 5.75 Å². The molecular weight excluding hydrogens is 339 g/mol. The average Bonchev–Trinajstić information content (AvgIpc) is 2.65. The Morgan fingerprint density at radius 1 is 1.15 bits per heavy atom. The molecule has 3 N–H and O–H groups in total. The fourth-order valence-electron chi connectivity index (χ4n) is 2.77. The number of carbonyl (C=O) groups is 1. The molecule has 2 aromatic rings. The van der Waals surface area contributed by atoms with Crippen LogP contribution in [-0.4, -0.2) is 46.4 Å². The minimum atomic E-state index is -1.11. The third-order valence-electron chi connectivity index (χ3n) is 4.45. The molecule has 1 heterocycles. The molecule has 2 amide bonds. The first-order valence-electron chi connectivity index (χ1n) is 8.41. The Hall–Kier alpha value is -2.64. The van der Waals surface area contributed by atoms with Crippen LogP contribution in [-0.2, 0) is 0 Å². The van der Waals surface area contributed by atoms with Crippen LogP contribution in [0.5, 0.6) is 11.5 Å². The number of para-hydroxylation sites is 2. The zero-order valence-electron chi connectivity index (χ0n) is 14.2. The van der Waals surface area contributed by atoms with Crippen LogP contribution >= 0.6 is 0 Å². The number of anilines is 1. The van der Waals surface area contributed by atoms with Crippen molar-refractivity contribution in [3.8, 4) is 11.5 Å². The second-order valence-corrected chi connectivity index (χ2v) is 6.35. The van der Waals surface area contributed by atoms with E-state index in [9.17, 15) is 19.4 Å². The van der Waals surface area contributed by atoms with Gasteiger partial charge in [-0.15, -0.1) is 0 Å².